The average molecular weight is 442 g/mol. The van der Waals surface area contributed by atoms with E-state index in [1.807, 2.05) is 30.3 Å². The molecule has 162 valence electrons. The van der Waals surface area contributed by atoms with Crippen LogP contribution in [-0.2, 0) is 10.0 Å². The van der Waals surface area contributed by atoms with Gasteiger partial charge >= 0.3 is 0 Å². The van der Waals surface area contributed by atoms with Crippen LogP contribution >= 0.6 is 0 Å². The van der Waals surface area contributed by atoms with Gasteiger partial charge in [0.15, 0.2) is 11.5 Å². The quantitative estimate of drug-likeness (QED) is 0.374. The highest BCUT2D eigenvalue weighted by molar-refractivity contribution is 7.92. The molecule has 3 aromatic carbocycles. The van der Waals surface area contributed by atoms with Crippen LogP contribution in [0.1, 0.15) is 18.5 Å². The van der Waals surface area contributed by atoms with E-state index in [9.17, 15) is 18.5 Å². The van der Waals surface area contributed by atoms with Gasteiger partial charge in [0.1, 0.15) is 0 Å². The summed E-state index contributed by atoms with van der Waals surface area (Å²) in [6, 6.07) is 18.3. The van der Waals surface area contributed by atoms with Gasteiger partial charge in [0, 0.05) is 18.2 Å². The van der Waals surface area contributed by atoms with Crippen molar-refractivity contribution in [2.45, 2.75) is 17.9 Å². The van der Waals surface area contributed by atoms with Gasteiger partial charge in [0.2, 0.25) is 0 Å². The second-order valence-corrected chi connectivity index (χ2v) is 8.50. The molecular formula is C22H22N2O6S. The number of hydrogen-bond donors (Lipinski definition) is 0. The maximum Gasteiger partial charge on any atom is 0.270 e. The predicted octanol–water partition coefficient (Wildman–Crippen LogP) is 4.57. The fourth-order valence-corrected chi connectivity index (χ4v) is 4.95. The number of nitro benzene ring substituents is 1. The number of rotatable bonds is 8. The number of ether oxygens (including phenoxy) is 2. The van der Waals surface area contributed by atoms with Crippen LogP contribution in [0, 0.1) is 10.1 Å². The Balaban J connectivity index is 2.21. The first kappa shape index (κ1) is 22.1. The van der Waals surface area contributed by atoms with Crippen LogP contribution in [0.5, 0.6) is 11.5 Å². The molecule has 0 amide bonds. The number of hydrogen-bond acceptors (Lipinski definition) is 6. The molecule has 0 aliphatic heterocycles. The number of nitro groups is 1. The van der Waals surface area contributed by atoms with Crippen LogP contribution in [0.25, 0.3) is 0 Å². The SMILES string of the molecule is COc1ccc(N(C(C)c2ccccc2)S(=O)(=O)c2cccc([N+](=O)[O-])c2)cc1OC. The van der Waals surface area contributed by atoms with E-state index in [2.05, 4.69) is 0 Å². The third-order valence-corrected chi connectivity index (χ3v) is 6.74. The molecule has 0 saturated heterocycles. The Morgan fingerprint density at radius 3 is 2.19 bits per heavy atom. The van der Waals surface area contributed by atoms with Crippen LogP contribution in [-0.4, -0.2) is 27.6 Å². The van der Waals surface area contributed by atoms with Crippen molar-refractivity contribution >= 4 is 21.4 Å². The Labute approximate surface area is 180 Å². The molecule has 1 unspecified atom stereocenters. The minimum absolute atomic E-state index is 0.181. The van der Waals surface area contributed by atoms with E-state index in [1.54, 1.807) is 25.1 Å². The molecule has 9 heteroatoms. The van der Waals surface area contributed by atoms with Crippen molar-refractivity contribution in [1.29, 1.82) is 0 Å². The largest absolute Gasteiger partial charge is 0.493 e. The van der Waals surface area contributed by atoms with Crippen molar-refractivity contribution in [3.8, 4) is 11.5 Å². The van der Waals surface area contributed by atoms with Gasteiger partial charge in [-0.15, -0.1) is 0 Å². The summed E-state index contributed by atoms with van der Waals surface area (Å²) >= 11 is 0. The van der Waals surface area contributed by atoms with Crippen molar-refractivity contribution in [1.82, 2.24) is 0 Å². The second-order valence-electron chi connectivity index (χ2n) is 6.68. The Morgan fingerprint density at radius 2 is 1.58 bits per heavy atom. The minimum Gasteiger partial charge on any atom is -0.493 e. The second kappa shape index (κ2) is 9.05. The molecule has 31 heavy (non-hydrogen) atoms. The smallest absolute Gasteiger partial charge is 0.270 e. The first-order valence-electron chi connectivity index (χ1n) is 9.35. The summed E-state index contributed by atoms with van der Waals surface area (Å²) in [4.78, 5) is 10.4. The Bertz CT molecular complexity index is 1180. The molecule has 0 radical (unpaired) electrons. The monoisotopic (exact) mass is 442 g/mol. The fraction of sp³-hybridized carbons (Fsp3) is 0.182. The zero-order valence-corrected chi connectivity index (χ0v) is 18.1. The average Bonchev–Trinajstić information content (AvgIpc) is 2.79. The summed E-state index contributed by atoms with van der Waals surface area (Å²) in [5, 5.41) is 11.2. The summed E-state index contributed by atoms with van der Waals surface area (Å²) < 4.78 is 39.2. The molecule has 0 bridgehead atoms. The first-order chi connectivity index (χ1) is 14.8. The molecule has 0 aliphatic carbocycles. The lowest BCUT2D eigenvalue weighted by molar-refractivity contribution is -0.385. The standard InChI is InChI=1S/C22H22N2O6S/c1-16(17-8-5-4-6-9-17)23(18-12-13-21(29-2)22(15-18)30-3)31(27,28)20-11-7-10-19(14-20)24(25)26/h4-16H,1-3H3. The van der Waals surface area contributed by atoms with E-state index in [4.69, 9.17) is 9.47 Å². The van der Waals surface area contributed by atoms with Gasteiger partial charge in [-0.05, 0) is 30.7 Å². The number of methoxy groups -OCH3 is 2. The van der Waals surface area contributed by atoms with Crippen molar-refractivity contribution < 1.29 is 22.8 Å². The molecule has 0 fully saturated rings. The van der Waals surface area contributed by atoms with Gasteiger partial charge in [-0.25, -0.2) is 8.42 Å². The van der Waals surface area contributed by atoms with Crippen LogP contribution < -0.4 is 13.8 Å². The summed E-state index contributed by atoms with van der Waals surface area (Å²) in [5.74, 6) is 0.811. The summed E-state index contributed by atoms with van der Waals surface area (Å²) in [5.41, 5.74) is 0.785. The van der Waals surface area contributed by atoms with Crippen LogP contribution in [0.3, 0.4) is 0 Å². The van der Waals surface area contributed by atoms with E-state index in [1.165, 1.54) is 36.7 Å². The van der Waals surface area contributed by atoms with Gasteiger partial charge < -0.3 is 9.47 Å². The van der Waals surface area contributed by atoms with Crippen molar-refractivity contribution in [3.63, 3.8) is 0 Å². The zero-order chi connectivity index (χ0) is 22.6. The highest BCUT2D eigenvalue weighted by atomic mass is 32.2. The fourth-order valence-electron chi connectivity index (χ4n) is 3.27. The van der Waals surface area contributed by atoms with Crippen molar-refractivity contribution in [3.05, 3.63) is 88.5 Å². The number of benzene rings is 3. The Morgan fingerprint density at radius 1 is 0.903 bits per heavy atom. The lowest BCUT2D eigenvalue weighted by Gasteiger charge is -2.31. The Kier molecular flexibility index (Phi) is 6.45. The highest BCUT2D eigenvalue weighted by Gasteiger charge is 2.32. The van der Waals surface area contributed by atoms with Crippen molar-refractivity contribution in [2.75, 3.05) is 18.5 Å². The van der Waals surface area contributed by atoms with Crippen molar-refractivity contribution in [2.24, 2.45) is 0 Å². The molecule has 0 N–H and O–H groups in total. The maximum atomic E-state index is 13.7. The van der Waals surface area contributed by atoms with Crippen LogP contribution in [0.4, 0.5) is 11.4 Å². The van der Waals surface area contributed by atoms with E-state index < -0.39 is 21.0 Å². The van der Waals surface area contributed by atoms with Gasteiger partial charge in [0.25, 0.3) is 15.7 Å². The topological polar surface area (TPSA) is 99.0 Å². The molecule has 3 aromatic rings. The lowest BCUT2D eigenvalue weighted by Crippen LogP contribution is -2.33. The molecule has 0 saturated carbocycles. The van der Waals surface area contributed by atoms with E-state index in [-0.39, 0.29) is 10.6 Å². The highest BCUT2D eigenvalue weighted by Crippen LogP contribution is 2.38. The first-order valence-corrected chi connectivity index (χ1v) is 10.8. The Hall–Kier alpha value is -3.59. The van der Waals surface area contributed by atoms with Crippen LogP contribution in [0.15, 0.2) is 77.7 Å². The van der Waals surface area contributed by atoms with Crippen LogP contribution in [0.2, 0.25) is 0 Å². The molecule has 0 heterocycles. The maximum absolute atomic E-state index is 13.7. The number of anilines is 1. The van der Waals surface area contributed by atoms with Gasteiger partial charge in [-0.2, -0.15) is 0 Å². The lowest BCUT2D eigenvalue weighted by atomic mass is 10.1. The van der Waals surface area contributed by atoms with E-state index in [0.29, 0.717) is 17.2 Å². The molecule has 0 aliphatic rings. The molecule has 0 aromatic heterocycles. The predicted molar refractivity (Wildman–Crippen MR) is 117 cm³/mol. The van der Waals surface area contributed by atoms with E-state index in [0.717, 1.165) is 11.6 Å². The minimum atomic E-state index is -4.17. The number of non-ortho nitro benzene ring substituents is 1. The summed E-state index contributed by atoms with van der Waals surface area (Å²) in [6.07, 6.45) is 0. The van der Waals surface area contributed by atoms with Gasteiger partial charge in [-0.1, -0.05) is 36.4 Å². The summed E-state index contributed by atoms with van der Waals surface area (Å²) in [6.45, 7) is 1.75. The molecule has 3 rings (SSSR count). The molecule has 0 spiro atoms. The zero-order valence-electron chi connectivity index (χ0n) is 17.3. The third-order valence-electron chi connectivity index (χ3n) is 4.84. The van der Waals surface area contributed by atoms with E-state index >= 15 is 0 Å². The molecule has 8 nitrogen and oxygen atoms in total. The van der Waals surface area contributed by atoms with Gasteiger partial charge in [0.05, 0.1) is 35.8 Å². The molecule has 1 atom stereocenters. The van der Waals surface area contributed by atoms with Gasteiger partial charge in [-0.3, -0.25) is 14.4 Å². The number of sulfonamides is 1. The molecular weight excluding hydrogens is 420 g/mol. The number of nitrogens with zero attached hydrogens (tertiary/aromatic N) is 2. The normalized spacial score (nSPS) is 12.1. The summed E-state index contributed by atoms with van der Waals surface area (Å²) in [7, 11) is -1.22. The third kappa shape index (κ3) is 4.46.